The van der Waals surface area contributed by atoms with Gasteiger partial charge in [-0.3, -0.25) is 4.79 Å². The van der Waals surface area contributed by atoms with Crippen molar-refractivity contribution in [3.8, 4) is 0 Å². The third kappa shape index (κ3) is 2.79. The van der Waals surface area contributed by atoms with Gasteiger partial charge in [-0.25, -0.2) is 0 Å². The van der Waals surface area contributed by atoms with E-state index in [0.717, 1.165) is 13.0 Å². The maximum Gasteiger partial charge on any atom is 0.239 e. The second-order valence-electron chi connectivity index (χ2n) is 4.66. The maximum absolute atomic E-state index is 12.0. The molecule has 1 aliphatic heterocycles. The molecule has 1 aromatic carbocycles. The summed E-state index contributed by atoms with van der Waals surface area (Å²) in [6.45, 7) is 2.01. The van der Waals surface area contributed by atoms with Gasteiger partial charge in [-0.2, -0.15) is 0 Å². The molecule has 1 aliphatic rings. The van der Waals surface area contributed by atoms with Crippen LogP contribution in [-0.4, -0.2) is 19.0 Å². The normalized spacial score (nSPS) is 13.4. The topological polar surface area (TPSA) is 32.3 Å². The second-order valence-corrected chi connectivity index (χ2v) is 5.69. The Kier molecular flexibility index (Phi) is 3.51. The highest BCUT2D eigenvalue weighted by atomic mass is 32.1. The van der Waals surface area contributed by atoms with Crippen LogP contribution in [-0.2, 0) is 17.8 Å². The van der Waals surface area contributed by atoms with Crippen LogP contribution >= 0.6 is 11.3 Å². The molecule has 1 N–H and O–H groups in total. The zero-order valence-corrected chi connectivity index (χ0v) is 11.5. The molecule has 2 aromatic rings. The first kappa shape index (κ1) is 12.2. The van der Waals surface area contributed by atoms with Gasteiger partial charge in [-0.1, -0.05) is 24.3 Å². The van der Waals surface area contributed by atoms with Gasteiger partial charge in [0, 0.05) is 17.1 Å². The van der Waals surface area contributed by atoms with Crippen molar-refractivity contribution in [3.63, 3.8) is 0 Å². The lowest BCUT2D eigenvalue weighted by Gasteiger charge is -2.18. The Labute approximate surface area is 116 Å². The lowest BCUT2D eigenvalue weighted by atomic mass is 10.2. The summed E-state index contributed by atoms with van der Waals surface area (Å²) in [4.78, 5) is 15.3. The summed E-state index contributed by atoms with van der Waals surface area (Å²) in [7, 11) is 0. The smallest absolute Gasteiger partial charge is 0.239 e. The molecule has 1 aromatic heterocycles. The Morgan fingerprint density at radius 1 is 1.26 bits per heavy atom. The number of rotatable bonds is 4. The van der Waals surface area contributed by atoms with Gasteiger partial charge in [0.25, 0.3) is 0 Å². The quantitative estimate of drug-likeness (QED) is 0.927. The van der Waals surface area contributed by atoms with Gasteiger partial charge in [0.1, 0.15) is 0 Å². The van der Waals surface area contributed by atoms with Gasteiger partial charge in [0.05, 0.1) is 13.1 Å². The Balaban J connectivity index is 1.56. The van der Waals surface area contributed by atoms with Crippen molar-refractivity contribution in [1.29, 1.82) is 0 Å². The van der Waals surface area contributed by atoms with Crippen molar-refractivity contribution in [1.82, 2.24) is 5.32 Å². The SMILES string of the molecule is O=C(CN1CCc2ccccc21)NCc1cccs1. The van der Waals surface area contributed by atoms with Crippen molar-refractivity contribution in [2.24, 2.45) is 0 Å². The molecular formula is C15H16N2OS. The molecule has 0 aliphatic carbocycles. The fourth-order valence-electron chi connectivity index (χ4n) is 2.40. The van der Waals surface area contributed by atoms with Crippen LogP contribution in [0.2, 0.25) is 0 Å². The van der Waals surface area contributed by atoms with Crippen LogP contribution in [0.15, 0.2) is 41.8 Å². The molecule has 0 bridgehead atoms. The third-order valence-corrected chi connectivity index (χ3v) is 4.23. The highest BCUT2D eigenvalue weighted by Crippen LogP contribution is 2.26. The number of thiophene rings is 1. The first-order valence-corrected chi connectivity index (χ1v) is 7.33. The highest BCUT2D eigenvalue weighted by Gasteiger charge is 2.20. The lowest BCUT2D eigenvalue weighted by Crippen LogP contribution is -2.35. The van der Waals surface area contributed by atoms with Crippen molar-refractivity contribution < 1.29 is 4.79 Å². The minimum atomic E-state index is 0.0881. The molecule has 0 fully saturated rings. The summed E-state index contributed by atoms with van der Waals surface area (Å²) in [5.74, 6) is 0.0881. The number of amides is 1. The monoisotopic (exact) mass is 272 g/mol. The standard InChI is InChI=1S/C15H16N2OS/c18-15(16-10-13-5-3-9-19-13)11-17-8-7-12-4-1-2-6-14(12)17/h1-6,9H,7-8,10-11H2,(H,16,18). The number of nitrogens with one attached hydrogen (secondary N) is 1. The number of carbonyl (C=O) groups is 1. The van der Waals surface area contributed by atoms with E-state index in [0.29, 0.717) is 13.1 Å². The molecule has 0 spiro atoms. The second kappa shape index (κ2) is 5.45. The molecule has 0 unspecified atom stereocenters. The highest BCUT2D eigenvalue weighted by molar-refractivity contribution is 7.09. The summed E-state index contributed by atoms with van der Waals surface area (Å²) in [6.07, 6.45) is 1.04. The number of hydrogen-bond acceptors (Lipinski definition) is 3. The molecule has 0 saturated carbocycles. The van der Waals surface area contributed by atoms with E-state index in [1.165, 1.54) is 16.1 Å². The fourth-order valence-corrected chi connectivity index (χ4v) is 3.04. The Hall–Kier alpha value is -1.81. The average molecular weight is 272 g/mol. The van der Waals surface area contributed by atoms with Crippen molar-refractivity contribution in [3.05, 3.63) is 52.2 Å². The summed E-state index contributed by atoms with van der Waals surface area (Å²) < 4.78 is 0. The molecule has 19 heavy (non-hydrogen) atoms. The van der Waals surface area contributed by atoms with Crippen LogP contribution in [0, 0.1) is 0 Å². The minimum absolute atomic E-state index is 0.0881. The number of nitrogens with zero attached hydrogens (tertiary/aromatic N) is 1. The molecule has 0 radical (unpaired) electrons. The van der Waals surface area contributed by atoms with E-state index in [-0.39, 0.29) is 5.91 Å². The van der Waals surface area contributed by atoms with Crippen molar-refractivity contribution in [2.75, 3.05) is 18.0 Å². The summed E-state index contributed by atoms with van der Waals surface area (Å²) in [5, 5.41) is 5.00. The van der Waals surface area contributed by atoms with Gasteiger partial charge >= 0.3 is 0 Å². The van der Waals surface area contributed by atoms with Crippen LogP contribution in [0.4, 0.5) is 5.69 Å². The Morgan fingerprint density at radius 3 is 3.00 bits per heavy atom. The van der Waals surface area contributed by atoms with Crippen LogP contribution in [0.3, 0.4) is 0 Å². The predicted octanol–water partition coefficient (Wildman–Crippen LogP) is 2.43. The molecule has 3 rings (SSSR count). The van der Waals surface area contributed by atoms with E-state index in [4.69, 9.17) is 0 Å². The van der Waals surface area contributed by atoms with Crippen LogP contribution in [0.25, 0.3) is 0 Å². The number of benzene rings is 1. The van der Waals surface area contributed by atoms with Gasteiger partial charge in [0.15, 0.2) is 0 Å². The molecule has 1 amide bonds. The van der Waals surface area contributed by atoms with E-state index in [2.05, 4.69) is 28.4 Å². The molecular weight excluding hydrogens is 256 g/mol. The van der Waals surface area contributed by atoms with E-state index >= 15 is 0 Å². The fraction of sp³-hybridized carbons (Fsp3) is 0.267. The summed E-state index contributed by atoms with van der Waals surface area (Å²) >= 11 is 1.67. The number of anilines is 1. The van der Waals surface area contributed by atoms with Crippen molar-refractivity contribution >= 4 is 22.9 Å². The maximum atomic E-state index is 12.0. The molecule has 3 nitrogen and oxygen atoms in total. The van der Waals surface area contributed by atoms with Gasteiger partial charge in [0.2, 0.25) is 5.91 Å². The molecule has 2 heterocycles. The number of para-hydroxylation sites is 1. The lowest BCUT2D eigenvalue weighted by molar-refractivity contribution is -0.119. The molecule has 0 saturated heterocycles. The first-order valence-electron chi connectivity index (χ1n) is 6.45. The Morgan fingerprint density at radius 2 is 2.16 bits per heavy atom. The van der Waals surface area contributed by atoms with Gasteiger partial charge < -0.3 is 10.2 Å². The van der Waals surface area contributed by atoms with Gasteiger partial charge in [-0.15, -0.1) is 11.3 Å². The van der Waals surface area contributed by atoms with E-state index in [1.54, 1.807) is 11.3 Å². The molecule has 98 valence electrons. The largest absolute Gasteiger partial charge is 0.362 e. The summed E-state index contributed by atoms with van der Waals surface area (Å²) in [5.41, 5.74) is 2.54. The zero-order valence-electron chi connectivity index (χ0n) is 10.6. The van der Waals surface area contributed by atoms with E-state index in [1.807, 2.05) is 23.6 Å². The van der Waals surface area contributed by atoms with Crippen molar-refractivity contribution in [2.45, 2.75) is 13.0 Å². The van der Waals surface area contributed by atoms with Crippen LogP contribution in [0.1, 0.15) is 10.4 Å². The van der Waals surface area contributed by atoms with Crippen LogP contribution in [0.5, 0.6) is 0 Å². The number of carbonyl (C=O) groups excluding carboxylic acids is 1. The van der Waals surface area contributed by atoms with Gasteiger partial charge in [-0.05, 0) is 29.5 Å². The molecule has 0 atom stereocenters. The van der Waals surface area contributed by atoms with E-state index < -0.39 is 0 Å². The van der Waals surface area contributed by atoms with Crippen LogP contribution < -0.4 is 10.2 Å². The summed E-state index contributed by atoms with van der Waals surface area (Å²) in [6, 6.07) is 12.4. The third-order valence-electron chi connectivity index (χ3n) is 3.36. The predicted molar refractivity (Wildman–Crippen MR) is 78.5 cm³/mol. The Bertz CT molecular complexity index is 565. The van der Waals surface area contributed by atoms with E-state index in [9.17, 15) is 4.79 Å². The number of fused-ring (bicyclic) bond motifs is 1. The zero-order chi connectivity index (χ0) is 13.1. The molecule has 4 heteroatoms. The average Bonchev–Trinajstić information content (AvgIpc) is 3.07. The minimum Gasteiger partial charge on any atom is -0.362 e. The first-order chi connectivity index (χ1) is 9.33. The number of hydrogen-bond donors (Lipinski definition) is 1.